The van der Waals surface area contributed by atoms with Crippen LogP contribution in [0.2, 0.25) is 5.02 Å². The van der Waals surface area contributed by atoms with E-state index in [1.165, 1.54) is 22.8 Å². The van der Waals surface area contributed by atoms with Gasteiger partial charge in [0.05, 0.1) is 26.9 Å². The van der Waals surface area contributed by atoms with Gasteiger partial charge < -0.3 is 5.32 Å². The molecule has 1 aromatic heterocycles. The first-order valence-corrected chi connectivity index (χ1v) is 10.7. The summed E-state index contributed by atoms with van der Waals surface area (Å²) < 4.78 is 14.9. The number of halogens is 2. The quantitative estimate of drug-likeness (QED) is 0.329. The standard InChI is InChI=1S/C23H17ClFN3O2S/c1-14(21(29)26-15-11-12-19(25)18(24)13-15)31-23-27-20-10-6-5-9-17(20)22(30)28(23)16-7-3-2-4-8-16/h2-14H,1H3,(H,26,29). The maximum atomic E-state index is 13.4. The molecule has 0 saturated heterocycles. The molecule has 0 radical (unpaired) electrons. The molecule has 0 saturated carbocycles. The number of nitrogens with one attached hydrogen (secondary N) is 1. The lowest BCUT2D eigenvalue weighted by Crippen LogP contribution is -2.26. The average molecular weight is 454 g/mol. The van der Waals surface area contributed by atoms with Gasteiger partial charge in [-0.2, -0.15) is 0 Å². The molecule has 156 valence electrons. The van der Waals surface area contributed by atoms with E-state index < -0.39 is 11.1 Å². The fraction of sp³-hybridized carbons (Fsp3) is 0.0870. The van der Waals surface area contributed by atoms with Crippen molar-refractivity contribution in [2.75, 3.05) is 5.32 Å². The number of nitrogens with zero attached hydrogens (tertiary/aromatic N) is 2. The Bertz CT molecular complexity index is 1330. The molecule has 0 aliphatic heterocycles. The predicted octanol–water partition coefficient (Wildman–Crippen LogP) is 5.30. The summed E-state index contributed by atoms with van der Waals surface area (Å²) in [6.07, 6.45) is 0. The Morgan fingerprint density at radius 2 is 1.81 bits per heavy atom. The number of carbonyl (C=O) groups excluding carboxylic acids is 1. The smallest absolute Gasteiger partial charge is 0.266 e. The lowest BCUT2D eigenvalue weighted by Gasteiger charge is -2.16. The van der Waals surface area contributed by atoms with E-state index >= 15 is 0 Å². The Kier molecular flexibility index (Phi) is 6.06. The Balaban J connectivity index is 1.69. The van der Waals surface area contributed by atoms with Gasteiger partial charge in [-0.3, -0.25) is 14.2 Å². The van der Waals surface area contributed by atoms with Crippen molar-refractivity contribution in [3.63, 3.8) is 0 Å². The minimum atomic E-state index is -0.591. The third-order valence-corrected chi connectivity index (χ3v) is 5.94. The van der Waals surface area contributed by atoms with Gasteiger partial charge >= 0.3 is 0 Å². The molecule has 1 amide bonds. The molecule has 4 rings (SSSR count). The lowest BCUT2D eigenvalue weighted by molar-refractivity contribution is -0.115. The first kappa shape index (κ1) is 21.1. The largest absolute Gasteiger partial charge is 0.325 e. The highest BCUT2D eigenvalue weighted by molar-refractivity contribution is 8.00. The van der Waals surface area contributed by atoms with E-state index in [0.717, 1.165) is 11.8 Å². The van der Waals surface area contributed by atoms with Crippen LogP contribution >= 0.6 is 23.4 Å². The molecule has 1 atom stereocenters. The van der Waals surface area contributed by atoms with Gasteiger partial charge in [0, 0.05) is 5.69 Å². The van der Waals surface area contributed by atoms with Crippen molar-refractivity contribution < 1.29 is 9.18 Å². The number of aromatic nitrogens is 2. The number of benzene rings is 3. The molecule has 0 fully saturated rings. The molecule has 0 spiro atoms. The first-order valence-electron chi connectivity index (χ1n) is 9.44. The summed E-state index contributed by atoms with van der Waals surface area (Å²) >= 11 is 6.95. The van der Waals surface area contributed by atoms with Gasteiger partial charge in [0.15, 0.2) is 5.16 Å². The lowest BCUT2D eigenvalue weighted by atomic mass is 10.2. The Hall–Kier alpha value is -3.16. The number of hydrogen-bond acceptors (Lipinski definition) is 4. The third-order valence-electron chi connectivity index (χ3n) is 4.60. The van der Waals surface area contributed by atoms with E-state index in [1.54, 1.807) is 25.1 Å². The van der Waals surface area contributed by atoms with Gasteiger partial charge in [-0.15, -0.1) is 0 Å². The van der Waals surface area contributed by atoms with Crippen molar-refractivity contribution in [2.24, 2.45) is 0 Å². The van der Waals surface area contributed by atoms with E-state index in [4.69, 9.17) is 11.6 Å². The number of amides is 1. The molecule has 4 aromatic rings. The average Bonchev–Trinajstić information content (AvgIpc) is 2.77. The van der Waals surface area contributed by atoms with Crippen LogP contribution in [-0.2, 0) is 4.79 Å². The number of fused-ring (bicyclic) bond motifs is 1. The first-order chi connectivity index (χ1) is 14.9. The summed E-state index contributed by atoms with van der Waals surface area (Å²) in [5.74, 6) is -0.885. The highest BCUT2D eigenvalue weighted by Gasteiger charge is 2.20. The summed E-state index contributed by atoms with van der Waals surface area (Å²) in [5.41, 5.74) is 1.39. The minimum Gasteiger partial charge on any atom is -0.325 e. The molecule has 1 N–H and O–H groups in total. The van der Waals surface area contributed by atoms with E-state index in [1.807, 2.05) is 36.4 Å². The number of para-hydroxylation sites is 2. The van der Waals surface area contributed by atoms with Crippen LogP contribution in [0.1, 0.15) is 6.92 Å². The summed E-state index contributed by atoms with van der Waals surface area (Å²) in [6.45, 7) is 1.71. The van der Waals surface area contributed by atoms with Crippen LogP contribution in [0.15, 0.2) is 82.7 Å². The van der Waals surface area contributed by atoms with Gasteiger partial charge in [0.2, 0.25) is 5.91 Å². The number of rotatable bonds is 5. The van der Waals surface area contributed by atoms with Crippen LogP contribution in [-0.4, -0.2) is 20.7 Å². The van der Waals surface area contributed by atoms with Gasteiger partial charge in [-0.05, 0) is 49.4 Å². The summed E-state index contributed by atoms with van der Waals surface area (Å²) in [5, 5.41) is 2.94. The molecule has 3 aromatic carbocycles. The van der Waals surface area contributed by atoms with Crippen LogP contribution < -0.4 is 10.9 Å². The van der Waals surface area contributed by atoms with Gasteiger partial charge in [0.25, 0.3) is 5.56 Å². The predicted molar refractivity (Wildman–Crippen MR) is 123 cm³/mol. The van der Waals surface area contributed by atoms with E-state index in [-0.39, 0.29) is 16.5 Å². The topological polar surface area (TPSA) is 64.0 Å². The summed E-state index contributed by atoms with van der Waals surface area (Å²) in [6, 6.07) is 20.2. The normalized spacial score (nSPS) is 12.0. The van der Waals surface area contributed by atoms with E-state index in [9.17, 15) is 14.0 Å². The Morgan fingerprint density at radius 1 is 1.10 bits per heavy atom. The van der Waals surface area contributed by atoms with E-state index in [2.05, 4.69) is 10.3 Å². The second-order valence-corrected chi connectivity index (χ2v) is 8.48. The monoisotopic (exact) mass is 453 g/mol. The second-order valence-electron chi connectivity index (χ2n) is 6.77. The van der Waals surface area contributed by atoms with Crippen molar-refractivity contribution in [2.45, 2.75) is 17.3 Å². The Morgan fingerprint density at radius 3 is 2.55 bits per heavy atom. The van der Waals surface area contributed by atoms with Crippen LogP contribution in [0.5, 0.6) is 0 Å². The maximum absolute atomic E-state index is 13.4. The van der Waals surface area contributed by atoms with Gasteiger partial charge in [-0.1, -0.05) is 53.7 Å². The fourth-order valence-electron chi connectivity index (χ4n) is 3.03. The zero-order valence-electron chi connectivity index (χ0n) is 16.4. The highest BCUT2D eigenvalue weighted by Crippen LogP contribution is 2.26. The highest BCUT2D eigenvalue weighted by atomic mass is 35.5. The second kappa shape index (κ2) is 8.91. The molecule has 5 nitrogen and oxygen atoms in total. The van der Waals surface area contributed by atoms with Crippen molar-refractivity contribution in [1.29, 1.82) is 0 Å². The zero-order chi connectivity index (χ0) is 22.0. The molecular weight excluding hydrogens is 437 g/mol. The molecular formula is C23H17ClFN3O2S. The summed E-state index contributed by atoms with van der Waals surface area (Å²) in [4.78, 5) is 30.6. The van der Waals surface area contributed by atoms with Gasteiger partial charge in [0.1, 0.15) is 5.82 Å². The van der Waals surface area contributed by atoms with Crippen molar-refractivity contribution in [3.8, 4) is 5.69 Å². The number of hydrogen-bond donors (Lipinski definition) is 1. The van der Waals surface area contributed by atoms with Crippen LogP contribution in [0.25, 0.3) is 16.6 Å². The third kappa shape index (κ3) is 4.47. The van der Waals surface area contributed by atoms with Crippen molar-refractivity contribution in [3.05, 3.63) is 94.0 Å². The number of thioether (sulfide) groups is 1. The molecule has 0 bridgehead atoms. The van der Waals surface area contributed by atoms with Crippen LogP contribution in [0.3, 0.4) is 0 Å². The van der Waals surface area contributed by atoms with E-state index in [0.29, 0.717) is 27.4 Å². The molecule has 0 aliphatic rings. The van der Waals surface area contributed by atoms with Gasteiger partial charge in [-0.25, -0.2) is 9.37 Å². The molecule has 1 unspecified atom stereocenters. The zero-order valence-corrected chi connectivity index (χ0v) is 18.0. The molecule has 31 heavy (non-hydrogen) atoms. The summed E-state index contributed by atoms with van der Waals surface area (Å²) in [7, 11) is 0. The SMILES string of the molecule is CC(Sc1nc2ccccc2c(=O)n1-c1ccccc1)C(=O)Nc1ccc(F)c(Cl)c1. The van der Waals surface area contributed by atoms with Crippen LogP contribution in [0, 0.1) is 5.82 Å². The molecule has 1 heterocycles. The Labute approximate surface area is 186 Å². The van der Waals surface area contributed by atoms with Crippen molar-refractivity contribution >= 4 is 45.9 Å². The maximum Gasteiger partial charge on any atom is 0.266 e. The molecule has 0 aliphatic carbocycles. The molecule has 8 heteroatoms. The number of carbonyl (C=O) groups is 1. The fourth-order valence-corrected chi connectivity index (χ4v) is 4.13. The number of anilines is 1. The van der Waals surface area contributed by atoms with Crippen LogP contribution in [0.4, 0.5) is 10.1 Å². The minimum absolute atomic E-state index is 0.0766. The van der Waals surface area contributed by atoms with Crippen molar-refractivity contribution in [1.82, 2.24) is 9.55 Å².